The van der Waals surface area contributed by atoms with Crippen molar-refractivity contribution >= 4 is 35.0 Å². The van der Waals surface area contributed by atoms with Crippen molar-refractivity contribution in [3.05, 3.63) is 90.5 Å². The van der Waals surface area contributed by atoms with Crippen molar-refractivity contribution in [1.29, 1.82) is 0 Å². The lowest BCUT2D eigenvalue weighted by atomic mass is 10.2. The van der Waals surface area contributed by atoms with Crippen LogP contribution < -0.4 is 16.4 Å². The Labute approximate surface area is 177 Å². The molecule has 6 nitrogen and oxygen atoms in total. The predicted molar refractivity (Wildman–Crippen MR) is 118 cm³/mol. The largest absolute Gasteiger partial charge is 0.368 e. The van der Waals surface area contributed by atoms with Crippen molar-refractivity contribution in [3.8, 4) is 0 Å². The van der Waals surface area contributed by atoms with E-state index in [1.54, 1.807) is 30.6 Å². The molecule has 0 fully saturated rings. The molecular weight excluding hydrogens is 399 g/mol. The lowest BCUT2D eigenvalue weighted by Crippen LogP contribution is -2.06. The molecule has 0 aliphatic rings. The molecule has 0 unspecified atom stereocenters. The molecule has 2 aromatic carbocycles. The summed E-state index contributed by atoms with van der Waals surface area (Å²) in [7, 11) is 0. The van der Waals surface area contributed by atoms with E-state index in [9.17, 15) is 4.39 Å². The number of nitrogens with zero attached hydrogens (tertiary/aromatic N) is 3. The van der Waals surface area contributed by atoms with Gasteiger partial charge in [-0.1, -0.05) is 42.1 Å². The van der Waals surface area contributed by atoms with Crippen molar-refractivity contribution in [2.45, 2.75) is 16.3 Å². The maximum atomic E-state index is 14.6. The molecule has 0 spiro atoms. The van der Waals surface area contributed by atoms with Crippen LogP contribution in [0.25, 0.3) is 0 Å². The first-order valence-electron chi connectivity index (χ1n) is 9.22. The number of anilines is 4. The van der Waals surface area contributed by atoms with Crippen molar-refractivity contribution in [2.75, 3.05) is 16.4 Å². The Morgan fingerprint density at radius 2 is 1.67 bits per heavy atom. The molecule has 4 N–H and O–H groups in total. The maximum absolute atomic E-state index is 14.6. The number of aromatic nitrogens is 3. The van der Waals surface area contributed by atoms with E-state index in [1.807, 2.05) is 42.5 Å². The fourth-order valence-corrected chi connectivity index (χ4v) is 3.56. The average Bonchev–Trinajstić information content (AvgIpc) is 2.75. The molecule has 0 amide bonds. The summed E-state index contributed by atoms with van der Waals surface area (Å²) in [4.78, 5) is 13.8. The molecule has 2 heterocycles. The summed E-state index contributed by atoms with van der Waals surface area (Å²) in [5, 5.41) is 6.31. The molecule has 0 saturated carbocycles. The topological polar surface area (TPSA) is 88.8 Å². The molecule has 0 radical (unpaired) electrons. The molecular formula is C22H19FN6S. The summed E-state index contributed by atoms with van der Waals surface area (Å²) >= 11 is 1.34. The van der Waals surface area contributed by atoms with E-state index in [4.69, 9.17) is 5.73 Å². The predicted octanol–water partition coefficient (Wildman–Crippen LogP) is 5.10. The van der Waals surface area contributed by atoms with E-state index in [0.717, 1.165) is 10.5 Å². The summed E-state index contributed by atoms with van der Waals surface area (Å²) in [5.41, 5.74) is 7.52. The van der Waals surface area contributed by atoms with Gasteiger partial charge < -0.3 is 16.4 Å². The summed E-state index contributed by atoms with van der Waals surface area (Å²) in [6.45, 7) is 0.603. The normalized spacial score (nSPS) is 10.6. The van der Waals surface area contributed by atoms with Gasteiger partial charge in [0, 0.05) is 40.5 Å². The number of hydrogen-bond acceptors (Lipinski definition) is 7. The molecule has 8 heteroatoms. The molecule has 0 aliphatic carbocycles. The summed E-state index contributed by atoms with van der Waals surface area (Å²) in [6, 6.07) is 20.3. The molecule has 4 aromatic rings. The van der Waals surface area contributed by atoms with Gasteiger partial charge in [0.05, 0.1) is 0 Å². The van der Waals surface area contributed by atoms with Crippen molar-refractivity contribution in [3.63, 3.8) is 0 Å². The Bertz CT molecular complexity index is 1130. The van der Waals surface area contributed by atoms with Crippen LogP contribution in [-0.4, -0.2) is 15.0 Å². The molecule has 4 rings (SSSR count). The molecule has 0 saturated heterocycles. The second kappa shape index (κ2) is 9.23. The van der Waals surface area contributed by atoms with E-state index in [0.29, 0.717) is 28.8 Å². The van der Waals surface area contributed by atoms with Crippen LogP contribution in [0.15, 0.2) is 88.9 Å². The minimum atomic E-state index is -0.328. The van der Waals surface area contributed by atoms with Gasteiger partial charge in [-0.15, -0.1) is 0 Å². The number of nitrogen functional groups attached to an aromatic ring is 1. The number of benzene rings is 2. The van der Waals surface area contributed by atoms with Crippen LogP contribution >= 0.6 is 11.8 Å². The zero-order chi connectivity index (χ0) is 20.8. The van der Waals surface area contributed by atoms with E-state index < -0.39 is 0 Å². The minimum absolute atomic E-state index is 0.126. The van der Waals surface area contributed by atoms with E-state index >= 15 is 0 Å². The van der Waals surface area contributed by atoms with Gasteiger partial charge in [0.15, 0.2) is 0 Å². The van der Waals surface area contributed by atoms with Crippen LogP contribution in [0.3, 0.4) is 0 Å². The fourth-order valence-electron chi connectivity index (χ4n) is 2.75. The molecule has 0 atom stereocenters. The standard InChI is InChI=1S/C22H19FN6S/c23-18-12-16(6-7-19(18)30-17-8-10-25-11-9-17)27-21-13-20(28-22(24)29-21)26-14-15-4-2-1-3-5-15/h1-13H,14H2,(H4,24,26,27,28,29). The molecule has 30 heavy (non-hydrogen) atoms. The van der Waals surface area contributed by atoms with Crippen molar-refractivity contribution in [2.24, 2.45) is 0 Å². The third-order valence-electron chi connectivity index (χ3n) is 4.14. The van der Waals surface area contributed by atoms with Crippen molar-refractivity contribution in [1.82, 2.24) is 15.0 Å². The van der Waals surface area contributed by atoms with Crippen LogP contribution in [0.4, 0.5) is 27.7 Å². The second-order valence-corrected chi connectivity index (χ2v) is 7.51. The third-order valence-corrected chi connectivity index (χ3v) is 5.20. The van der Waals surface area contributed by atoms with Gasteiger partial charge in [-0.25, -0.2) is 4.39 Å². The van der Waals surface area contributed by atoms with Gasteiger partial charge in [0.1, 0.15) is 17.5 Å². The Hall–Kier alpha value is -3.65. The first-order chi connectivity index (χ1) is 14.7. The number of halogens is 1. The second-order valence-electron chi connectivity index (χ2n) is 6.39. The van der Waals surface area contributed by atoms with Gasteiger partial charge in [-0.3, -0.25) is 4.98 Å². The Morgan fingerprint density at radius 3 is 2.43 bits per heavy atom. The highest BCUT2D eigenvalue weighted by molar-refractivity contribution is 7.99. The number of hydrogen-bond donors (Lipinski definition) is 3. The third kappa shape index (κ3) is 5.24. The molecule has 2 aromatic heterocycles. The minimum Gasteiger partial charge on any atom is -0.368 e. The Balaban J connectivity index is 1.45. The number of nitrogens with one attached hydrogen (secondary N) is 2. The summed E-state index contributed by atoms with van der Waals surface area (Å²) in [6.07, 6.45) is 3.36. The SMILES string of the molecule is Nc1nc(NCc2ccccc2)cc(Nc2ccc(Sc3ccncc3)c(F)c2)n1. The van der Waals surface area contributed by atoms with Gasteiger partial charge in [-0.05, 0) is 35.9 Å². The van der Waals surface area contributed by atoms with Gasteiger partial charge in [0.25, 0.3) is 0 Å². The molecule has 0 bridgehead atoms. The van der Waals surface area contributed by atoms with Gasteiger partial charge in [-0.2, -0.15) is 9.97 Å². The zero-order valence-corrected chi connectivity index (χ0v) is 16.7. The fraction of sp³-hybridized carbons (Fsp3) is 0.0455. The molecule has 150 valence electrons. The lowest BCUT2D eigenvalue weighted by molar-refractivity contribution is 0.602. The highest BCUT2D eigenvalue weighted by Crippen LogP contribution is 2.31. The van der Waals surface area contributed by atoms with Crippen LogP contribution in [0.2, 0.25) is 0 Å². The quantitative estimate of drug-likeness (QED) is 0.385. The number of nitrogens with two attached hydrogens (primary N) is 1. The molecule has 0 aliphatic heterocycles. The van der Waals surface area contributed by atoms with Gasteiger partial charge in [0.2, 0.25) is 5.95 Å². The smallest absolute Gasteiger partial charge is 0.223 e. The Morgan fingerprint density at radius 1 is 0.900 bits per heavy atom. The first-order valence-corrected chi connectivity index (χ1v) is 10.0. The van der Waals surface area contributed by atoms with Gasteiger partial charge >= 0.3 is 0 Å². The number of pyridine rings is 1. The summed E-state index contributed by atoms with van der Waals surface area (Å²) in [5.74, 6) is 0.860. The van der Waals surface area contributed by atoms with Crippen LogP contribution in [0.5, 0.6) is 0 Å². The van der Waals surface area contributed by atoms with Crippen molar-refractivity contribution < 1.29 is 4.39 Å². The Kier molecular flexibility index (Phi) is 6.05. The van der Waals surface area contributed by atoms with Crippen LogP contribution in [0.1, 0.15) is 5.56 Å². The van der Waals surface area contributed by atoms with E-state index in [-0.39, 0.29) is 11.8 Å². The zero-order valence-electron chi connectivity index (χ0n) is 15.9. The lowest BCUT2D eigenvalue weighted by Gasteiger charge is -2.11. The van der Waals surface area contributed by atoms with E-state index in [2.05, 4.69) is 25.6 Å². The monoisotopic (exact) mass is 418 g/mol. The highest BCUT2D eigenvalue weighted by Gasteiger charge is 2.08. The summed E-state index contributed by atoms with van der Waals surface area (Å²) < 4.78 is 14.6. The number of rotatable bonds is 7. The first kappa shape index (κ1) is 19.7. The average molecular weight is 419 g/mol. The van der Waals surface area contributed by atoms with Crippen LogP contribution in [-0.2, 0) is 6.54 Å². The maximum Gasteiger partial charge on any atom is 0.223 e. The van der Waals surface area contributed by atoms with Crippen LogP contribution in [0, 0.1) is 5.82 Å². The van der Waals surface area contributed by atoms with E-state index in [1.165, 1.54) is 17.8 Å². The highest BCUT2D eigenvalue weighted by atomic mass is 32.2.